The molecule has 2 heterocycles. The standard InChI is InChI=1S/C53H35N3/c1-53(2)45-21-11-9-19-40(45)41-24-23-37(28-46(41)53)52-54-47-22-12-10-20-42(47)51(55-52)38-25-36-17-7-8-18-39(36)48(31-38)56-49-29-34-15-5-3-13-32(34)26-43(49)44-27-33-14-4-6-16-35(33)30-50(44)56/h3-31H,1-2H3. The van der Waals surface area contributed by atoms with Crippen LogP contribution >= 0.6 is 0 Å². The number of benzene rings is 9. The zero-order valence-corrected chi connectivity index (χ0v) is 31.1. The number of hydrogen-bond acceptors (Lipinski definition) is 2. The van der Waals surface area contributed by atoms with E-state index in [0.717, 1.165) is 44.6 Å². The van der Waals surface area contributed by atoms with Crippen LogP contribution in [0.3, 0.4) is 0 Å². The van der Waals surface area contributed by atoms with Crippen molar-refractivity contribution in [2.45, 2.75) is 19.3 Å². The smallest absolute Gasteiger partial charge is 0.160 e. The molecule has 0 radical (unpaired) electrons. The first-order chi connectivity index (χ1) is 27.5. The topological polar surface area (TPSA) is 30.7 Å². The number of rotatable bonds is 3. The Morgan fingerprint density at radius 1 is 0.411 bits per heavy atom. The molecule has 1 aliphatic rings. The first kappa shape index (κ1) is 31.3. The van der Waals surface area contributed by atoms with Gasteiger partial charge in [-0.1, -0.05) is 141 Å². The highest BCUT2D eigenvalue weighted by Gasteiger charge is 2.35. The van der Waals surface area contributed by atoms with Gasteiger partial charge in [0.05, 0.1) is 27.9 Å². The summed E-state index contributed by atoms with van der Waals surface area (Å²) < 4.78 is 2.49. The second-order valence-corrected chi connectivity index (χ2v) is 15.8. The lowest BCUT2D eigenvalue weighted by Gasteiger charge is -2.22. The average Bonchev–Trinajstić information content (AvgIpc) is 3.67. The highest BCUT2D eigenvalue weighted by atomic mass is 15.0. The molecule has 0 fully saturated rings. The molecule has 0 saturated carbocycles. The van der Waals surface area contributed by atoms with Crippen molar-refractivity contribution in [3.8, 4) is 39.5 Å². The normalized spacial score (nSPS) is 13.3. The zero-order valence-electron chi connectivity index (χ0n) is 31.1. The van der Waals surface area contributed by atoms with Crippen molar-refractivity contribution in [2.75, 3.05) is 0 Å². The van der Waals surface area contributed by atoms with Gasteiger partial charge >= 0.3 is 0 Å². The fourth-order valence-electron chi connectivity index (χ4n) is 9.53. The molecular formula is C53H35N3. The van der Waals surface area contributed by atoms with E-state index in [2.05, 4.69) is 194 Å². The van der Waals surface area contributed by atoms with Crippen LogP contribution in [-0.2, 0) is 5.41 Å². The van der Waals surface area contributed by atoms with Gasteiger partial charge in [-0.05, 0) is 97.7 Å². The van der Waals surface area contributed by atoms with Crippen molar-refractivity contribution in [2.24, 2.45) is 0 Å². The maximum Gasteiger partial charge on any atom is 0.160 e. The van der Waals surface area contributed by atoms with Crippen molar-refractivity contribution < 1.29 is 0 Å². The van der Waals surface area contributed by atoms with Crippen molar-refractivity contribution in [3.05, 3.63) is 187 Å². The maximum absolute atomic E-state index is 5.48. The summed E-state index contributed by atoms with van der Waals surface area (Å²) in [6.07, 6.45) is 0. The van der Waals surface area contributed by atoms with E-state index in [9.17, 15) is 0 Å². The lowest BCUT2D eigenvalue weighted by Crippen LogP contribution is -2.15. The van der Waals surface area contributed by atoms with E-state index in [1.165, 1.54) is 71.0 Å². The Labute approximate surface area is 324 Å². The number of hydrogen-bond donors (Lipinski definition) is 0. The Kier molecular flexibility index (Phi) is 6.40. The van der Waals surface area contributed by atoms with Crippen LogP contribution in [0.4, 0.5) is 0 Å². The molecule has 0 unspecified atom stereocenters. The summed E-state index contributed by atoms with van der Waals surface area (Å²) in [5, 5.41) is 10.8. The van der Waals surface area contributed by atoms with Gasteiger partial charge in [-0.25, -0.2) is 9.97 Å². The largest absolute Gasteiger partial charge is 0.309 e. The van der Waals surface area contributed by atoms with Gasteiger partial charge in [-0.3, -0.25) is 0 Å². The van der Waals surface area contributed by atoms with Gasteiger partial charge < -0.3 is 4.57 Å². The first-order valence-corrected chi connectivity index (χ1v) is 19.4. The van der Waals surface area contributed by atoms with Gasteiger partial charge in [0, 0.05) is 38.1 Å². The lowest BCUT2D eigenvalue weighted by atomic mass is 9.82. The van der Waals surface area contributed by atoms with Crippen LogP contribution in [0.25, 0.3) is 104 Å². The molecule has 0 N–H and O–H groups in total. The van der Waals surface area contributed by atoms with E-state index < -0.39 is 0 Å². The van der Waals surface area contributed by atoms with Gasteiger partial charge in [0.15, 0.2) is 5.82 Å². The fraction of sp³-hybridized carbons (Fsp3) is 0.0566. The third-order valence-corrected chi connectivity index (χ3v) is 12.3. The molecule has 9 aromatic carbocycles. The first-order valence-electron chi connectivity index (χ1n) is 19.4. The van der Waals surface area contributed by atoms with Gasteiger partial charge in [0.25, 0.3) is 0 Å². The summed E-state index contributed by atoms with van der Waals surface area (Å²) in [6, 6.07) is 64.3. The summed E-state index contributed by atoms with van der Waals surface area (Å²) in [5.74, 6) is 0.734. The molecule has 0 bridgehead atoms. The molecule has 11 aromatic rings. The molecule has 2 aromatic heterocycles. The SMILES string of the molecule is CC1(C)c2ccccc2-c2ccc(-c3nc(-c4cc(-n5c6cc7ccccc7cc6c6cc7ccccc7cc65)c5ccccc5c4)c4ccccc4n3)cc21. The summed E-state index contributed by atoms with van der Waals surface area (Å²) in [5.41, 5.74) is 12.6. The van der Waals surface area contributed by atoms with Crippen LogP contribution in [-0.4, -0.2) is 14.5 Å². The fourth-order valence-corrected chi connectivity index (χ4v) is 9.53. The molecule has 1 aliphatic carbocycles. The van der Waals surface area contributed by atoms with Crippen LogP contribution in [0.1, 0.15) is 25.0 Å². The summed E-state index contributed by atoms with van der Waals surface area (Å²) in [4.78, 5) is 10.7. The van der Waals surface area contributed by atoms with Gasteiger partial charge in [-0.15, -0.1) is 0 Å². The molecule has 56 heavy (non-hydrogen) atoms. The Balaban J connectivity index is 1.14. The predicted molar refractivity (Wildman–Crippen MR) is 235 cm³/mol. The van der Waals surface area contributed by atoms with E-state index in [1.54, 1.807) is 0 Å². The minimum Gasteiger partial charge on any atom is -0.309 e. The monoisotopic (exact) mass is 713 g/mol. The third kappa shape index (κ3) is 4.46. The Morgan fingerprint density at radius 2 is 0.982 bits per heavy atom. The number of fused-ring (bicyclic) bond motifs is 10. The van der Waals surface area contributed by atoms with Gasteiger partial charge in [0.1, 0.15) is 0 Å². The van der Waals surface area contributed by atoms with Crippen LogP contribution in [0, 0.1) is 0 Å². The zero-order chi connectivity index (χ0) is 37.1. The van der Waals surface area contributed by atoms with Gasteiger partial charge in [-0.2, -0.15) is 0 Å². The molecule has 0 amide bonds. The van der Waals surface area contributed by atoms with E-state index in [4.69, 9.17) is 9.97 Å². The average molecular weight is 714 g/mol. The Bertz CT molecular complexity index is 3370. The van der Waals surface area contributed by atoms with Gasteiger partial charge in [0.2, 0.25) is 0 Å². The second kappa shape index (κ2) is 11.5. The van der Waals surface area contributed by atoms with E-state index in [-0.39, 0.29) is 5.41 Å². The lowest BCUT2D eigenvalue weighted by molar-refractivity contribution is 0.660. The van der Waals surface area contributed by atoms with Crippen LogP contribution in [0.5, 0.6) is 0 Å². The highest BCUT2D eigenvalue weighted by Crippen LogP contribution is 2.49. The van der Waals surface area contributed by atoms with Crippen LogP contribution < -0.4 is 0 Å². The molecular weight excluding hydrogens is 679 g/mol. The Morgan fingerprint density at radius 3 is 1.70 bits per heavy atom. The minimum atomic E-state index is -0.117. The number of nitrogens with zero attached hydrogens (tertiary/aromatic N) is 3. The van der Waals surface area contributed by atoms with Crippen LogP contribution in [0.2, 0.25) is 0 Å². The number of para-hydroxylation sites is 1. The Hall–Kier alpha value is -7.10. The molecule has 0 saturated heterocycles. The predicted octanol–water partition coefficient (Wildman–Crippen LogP) is 13.8. The van der Waals surface area contributed by atoms with E-state index >= 15 is 0 Å². The molecule has 3 nitrogen and oxygen atoms in total. The second-order valence-electron chi connectivity index (χ2n) is 15.8. The molecule has 0 aliphatic heterocycles. The molecule has 3 heteroatoms. The molecule has 262 valence electrons. The van der Waals surface area contributed by atoms with Crippen molar-refractivity contribution in [3.63, 3.8) is 0 Å². The summed E-state index contributed by atoms with van der Waals surface area (Å²) in [7, 11) is 0. The van der Waals surface area contributed by atoms with E-state index in [1.807, 2.05) is 0 Å². The minimum absolute atomic E-state index is 0.117. The van der Waals surface area contributed by atoms with Crippen molar-refractivity contribution in [1.29, 1.82) is 0 Å². The quantitative estimate of drug-likeness (QED) is 0.182. The molecule has 0 atom stereocenters. The summed E-state index contributed by atoms with van der Waals surface area (Å²) in [6.45, 7) is 4.65. The van der Waals surface area contributed by atoms with E-state index in [0.29, 0.717) is 0 Å². The molecule has 12 rings (SSSR count). The highest BCUT2D eigenvalue weighted by molar-refractivity contribution is 6.17. The number of aromatic nitrogens is 3. The van der Waals surface area contributed by atoms with Crippen LogP contribution in [0.15, 0.2) is 176 Å². The molecule has 0 spiro atoms. The van der Waals surface area contributed by atoms with Crippen molar-refractivity contribution in [1.82, 2.24) is 14.5 Å². The summed E-state index contributed by atoms with van der Waals surface area (Å²) >= 11 is 0. The van der Waals surface area contributed by atoms with Crippen molar-refractivity contribution >= 4 is 65.0 Å². The maximum atomic E-state index is 5.48. The third-order valence-electron chi connectivity index (χ3n) is 12.3.